The fraction of sp³-hybridized carbons (Fsp3) is 0.562. The third kappa shape index (κ3) is 3.67. The summed E-state index contributed by atoms with van der Waals surface area (Å²) < 4.78 is 0. The van der Waals surface area contributed by atoms with Crippen molar-refractivity contribution in [3.05, 3.63) is 34.9 Å². The summed E-state index contributed by atoms with van der Waals surface area (Å²) in [7, 11) is 0. The van der Waals surface area contributed by atoms with Crippen LogP contribution in [0.15, 0.2) is 18.2 Å². The Morgan fingerprint density at radius 3 is 2.72 bits per heavy atom. The maximum atomic E-state index is 12.0. The largest absolute Gasteiger partial charge is 0.307 e. The van der Waals surface area contributed by atoms with Crippen LogP contribution in [0.1, 0.15) is 42.4 Å². The number of Topliss-reactive ketones (excluding diaryl/α,β-unsaturated/α-hetero) is 1. The van der Waals surface area contributed by atoms with Crippen molar-refractivity contribution in [3.63, 3.8) is 0 Å². The lowest BCUT2D eigenvalue weighted by atomic mass is 10.0. The molecule has 0 radical (unpaired) electrons. The van der Waals surface area contributed by atoms with Crippen LogP contribution in [0, 0.1) is 13.8 Å². The lowest BCUT2D eigenvalue weighted by molar-refractivity contribution is -0.117. The van der Waals surface area contributed by atoms with Gasteiger partial charge in [-0.15, -0.1) is 0 Å². The molecule has 1 N–H and O–H groups in total. The van der Waals surface area contributed by atoms with Crippen LogP contribution in [0.5, 0.6) is 0 Å². The second-order valence-corrected chi connectivity index (χ2v) is 5.51. The Morgan fingerprint density at radius 1 is 1.28 bits per heavy atom. The highest BCUT2D eigenvalue weighted by molar-refractivity contribution is 5.83. The average molecular weight is 245 g/mol. The Hall–Kier alpha value is -1.15. The minimum Gasteiger partial charge on any atom is -0.307 e. The molecular formula is C16H23NO. The van der Waals surface area contributed by atoms with Gasteiger partial charge in [0.15, 0.2) is 5.78 Å². The van der Waals surface area contributed by atoms with Crippen molar-refractivity contribution in [2.75, 3.05) is 6.54 Å². The summed E-state index contributed by atoms with van der Waals surface area (Å²) in [5.74, 6) is 0.301. The van der Waals surface area contributed by atoms with E-state index in [1.165, 1.54) is 42.4 Å². The van der Waals surface area contributed by atoms with Gasteiger partial charge in [-0.3, -0.25) is 4.79 Å². The third-order valence-electron chi connectivity index (χ3n) is 3.84. The number of ketones is 1. The van der Waals surface area contributed by atoms with Crippen molar-refractivity contribution in [2.45, 2.75) is 52.0 Å². The van der Waals surface area contributed by atoms with Gasteiger partial charge in [0, 0.05) is 12.5 Å². The zero-order valence-corrected chi connectivity index (χ0v) is 11.5. The standard InChI is InChI=1S/C16H23NO/c1-12-7-8-13(2)14(9-12)10-16(18)11-17-15-5-3-4-6-15/h7-9,15,17H,3-6,10-11H2,1-2H3. The average Bonchev–Trinajstić information content (AvgIpc) is 2.84. The smallest absolute Gasteiger partial charge is 0.150 e. The topological polar surface area (TPSA) is 29.1 Å². The molecule has 2 nitrogen and oxygen atoms in total. The number of carbonyl (C=O) groups is 1. The van der Waals surface area contributed by atoms with Crippen LogP contribution < -0.4 is 5.32 Å². The normalized spacial score (nSPS) is 16.1. The molecule has 0 aliphatic heterocycles. The van der Waals surface area contributed by atoms with Crippen LogP contribution in [0.4, 0.5) is 0 Å². The molecule has 1 saturated carbocycles. The van der Waals surface area contributed by atoms with Crippen molar-refractivity contribution in [1.82, 2.24) is 5.32 Å². The molecule has 2 rings (SSSR count). The van der Waals surface area contributed by atoms with Gasteiger partial charge in [-0.2, -0.15) is 0 Å². The van der Waals surface area contributed by atoms with E-state index < -0.39 is 0 Å². The van der Waals surface area contributed by atoms with E-state index in [2.05, 4.69) is 37.4 Å². The Morgan fingerprint density at radius 2 is 2.00 bits per heavy atom. The molecule has 18 heavy (non-hydrogen) atoms. The molecule has 98 valence electrons. The number of benzene rings is 1. The fourth-order valence-electron chi connectivity index (χ4n) is 2.65. The summed E-state index contributed by atoms with van der Waals surface area (Å²) >= 11 is 0. The first kappa shape index (κ1) is 13.3. The van der Waals surface area contributed by atoms with Gasteiger partial charge in [0.2, 0.25) is 0 Å². The first-order valence-corrected chi connectivity index (χ1v) is 6.96. The third-order valence-corrected chi connectivity index (χ3v) is 3.84. The van der Waals surface area contributed by atoms with E-state index in [4.69, 9.17) is 0 Å². The molecule has 1 aliphatic carbocycles. The fourth-order valence-corrected chi connectivity index (χ4v) is 2.65. The van der Waals surface area contributed by atoms with E-state index in [-0.39, 0.29) is 0 Å². The minimum atomic E-state index is 0.301. The summed E-state index contributed by atoms with van der Waals surface area (Å²) in [5, 5.41) is 3.39. The molecule has 0 saturated heterocycles. The molecule has 0 aromatic heterocycles. The number of aryl methyl sites for hydroxylation is 2. The number of nitrogens with one attached hydrogen (secondary N) is 1. The van der Waals surface area contributed by atoms with Gasteiger partial charge in [0.05, 0.1) is 6.54 Å². The lowest BCUT2D eigenvalue weighted by Crippen LogP contribution is -2.32. The van der Waals surface area contributed by atoms with Gasteiger partial charge in [0.25, 0.3) is 0 Å². The maximum Gasteiger partial charge on any atom is 0.150 e. The summed E-state index contributed by atoms with van der Waals surface area (Å²) in [6.07, 6.45) is 5.65. The summed E-state index contributed by atoms with van der Waals surface area (Å²) in [6.45, 7) is 4.68. The second-order valence-electron chi connectivity index (χ2n) is 5.51. The molecule has 0 spiro atoms. The van der Waals surface area contributed by atoms with E-state index in [1.807, 2.05) is 0 Å². The molecular weight excluding hydrogens is 222 g/mol. The second kappa shape index (κ2) is 6.14. The lowest BCUT2D eigenvalue weighted by Gasteiger charge is -2.11. The Balaban J connectivity index is 1.84. The number of carbonyl (C=O) groups excluding carboxylic acids is 1. The van der Waals surface area contributed by atoms with E-state index in [0.717, 1.165) is 0 Å². The van der Waals surface area contributed by atoms with Crippen molar-refractivity contribution in [3.8, 4) is 0 Å². The molecule has 1 fully saturated rings. The molecule has 2 heteroatoms. The Labute approximate surface area is 110 Å². The van der Waals surface area contributed by atoms with Gasteiger partial charge in [-0.25, -0.2) is 0 Å². The molecule has 1 aromatic rings. The van der Waals surface area contributed by atoms with E-state index in [0.29, 0.717) is 24.8 Å². The van der Waals surface area contributed by atoms with Gasteiger partial charge in [-0.1, -0.05) is 36.6 Å². The zero-order valence-electron chi connectivity index (χ0n) is 11.5. The Bertz CT molecular complexity index is 419. The maximum absolute atomic E-state index is 12.0. The van der Waals surface area contributed by atoms with Crippen molar-refractivity contribution in [1.29, 1.82) is 0 Å². The van der Waals surface area contributed by atoms with Crippen LogP contribution >= 0.6 is 0 Å². The summed E-state index contributed by atoms with van der Waals surface area (Å²) in [4.78, 5) is 12.0. The quantitative estimate of drug-likeness (QED) is 0.864. The van der Waals surface area contributed by atoms with Crippen LogP contribution in [0.3, 0.4) is 0 Å². The van der Waals surface area contributed by atoms with Crippen LogP contribution in [-0.2, 0) is 11.2 Å². The molecule has 0 bridgehead atoms. The number of hydrogen-bond donors (Lipinski definition) is 1. The summed E-state index contributed by atoms with van der Waals surface area (Å²) in [5.41, 5.74) is 3.62. The highest BCUT2D eigenvalue weighted by Crippen LogP contribution is 2.17. The van der Waals surface area contributed by atoms with Crippen LogP contribution in [0.25, 0.3) is 0 Å². The monoisotopic (exact) mass is 245 g/mol. The molecule has 0 heterocycles. The van der Waals surface area contributed by atoms with Gasteiger partial charge in [-0.05, 0) is 37.8 Å². The number of hydrogen-bond acceptors (Lipinski definition) is 2. The van der Waals surface area contributed by atoms with Crippen molar-refractivity contribution >= 4 is 5.78 Å². The first-order chi connectivity index (χ1) is 8.65. The van der Waals surface area contributed by atoms with Crippen LogP contribution in [0.2, 0.25) is 0 Å². The first-order valence-electron chi connectivity index (χ1n) is 6.96. The predicted octanol–water partition coefficient (Wildman–Crippen LogP) is 2.95. The Kier molecular flexibility index (Phi) is 4.54. The summed E-state index contributed by atoms with van der Waals surface area (Å²) in [6, 6.07) is 6.90. The minimum absolute atomic E-state index is 0.301. The van der Waals surface area contributed by atoms with E-state index in [9.17, 15) is 4.79 Å². The van der Waals surface area contributed by atoms with E-state index in [1.54, 1.807) is 0 Å². The predicted molar refractivity (Wildman–Crippen MR) is 74.9 cm³/mol. The number of rotatable bonds is 5. The van der Waals surface area contributed by atoms with Gasteiger partial charge < -0.3 is 5.32 Å². The zero-order chi connectivity index (χ0) is 13.0. The molecule has 0 atom stereocenters. The van der Waals surface area contributed by atoms with Crippen molar-refractivity contribution < 1.29 is 4.79 Å². The molecule has 0 amide bonds. The highest BCUT2D eigenvalue weighted by Gasteiger charge is 2.15. The highest BCUT2D eigenvalue weighted by atomic mass is 16.1. The SMILES string of the molecule is Cc1ccc(C)c(CC(=O)CNC2CCCC2)c1. The van der Waals surface area contributed by atoms with Gasteiger partial charge >= 0.3 is 0 Å². The molecule has 1 aromatic carbocycles. The molecule has 1 aliphatic rings. The van der Waals surface area contributed by atoms with Gasteiger partial charge in [0.1, 0.15) is 0 Å². The van der Waals surface area contributed by atoms with E-state index >= 15 is 0 Å². The van der Waals surface area contributed by atoms with Crippen LogP contribution in [-0.4, -0.2) is 18.4 Å². The molecule has 0 unspecified atom stereocenters. The van der Waals surface area contributed by atoms with Crippen molar-refractivity contribution in [2.24, 2.45) is 0 Å².